The van der Waals surface area contributed by atoms with Crippen LogP contribution in [0.3, 0.4) is 0 Å². The molecule has 0 aliphatic heterocycles. The molecule has 0 heterocycles. The molecule has 0 unspecified atom stereocenters. The maximum atomic E-state index is 11.5. The minimum absolute atomic E-state index is 0.0188. The molecule has 0 aliphatic rings. The Balaban J connectivity index is 2.59. The second-order valence-corrected chi connectivity index (χ2v) is 5.11. The van der Waals surface area contributed by atoms with Gasteiger partial charge in [0.1, 0.15) is 0 Å². The van der Waals surface area contributed by atoms with Crippen LogP contribution in [-0.4, -0.2) is 26.5 Å². The van der Waals surface area contributed by atoms with Crippen molar-refractivity contribution in [2.24, 2.45) is 0 Å². The Kier molecular flexibility index (Phi) is 3.99. The van der Waals surface area contributed by atoms with Crippen LogP contribution in [0, 0.1) is 0 Å². The zero-order chi connectivity index (χ0) is 11.3. The maximum Gasteiger partial charge on any atom is 0.211 e. The van der Waals surface area contributed by atoms with E-state index in [0.717, 1.165) is 0 Å². The molecule has 0 fully saturated rings. The van der Waals surface area contributed by atoms with E-state index in [4.69, 9.17) is 0 Å². The van der Waals surface area contributed by atoms with E-state index in [1.165, 1.54) is 6.92 Å². The van der Waals surface area contributed by atoms with Gasteiger partial charge in [-0.1, -0.05) is 30.3 Å². The van der Waals surface area contributed by atoms with E-state index in [0.29, 0.717) is 5.56 Å². The molecule has 0 saturated carbocycles. The average molecular weight is 227 g/mol. The topological polar surface area (TPSA) is 63.2 Å². The van der Waals surface area contributed by atoms with Crippen molar-refractivity contribution < 1.29 is 13.2 Å². The minimum Gasteiger partial charge on any atom is -0.293 e. The number of sulfonamides is 1. The van der Waals surface area contributed by atoms with E-state index in [-0.39, 0.29) is 18.1 Å². The number of rotatable bonds is 5. The van der Waals surface area contributed by atoms with Gasteiger partial charge >= 0.3 is 0 Å². The lowest BCUT2D eigenvalue weighted by molar-refractivity contribution is 0.0997. The molecule has 0 spiro atoms. The molecule has 1 aromatic carbocycles. The van der Waals surface area contributed by atoms with Crippen molar-refractivity contribution in [3.8, 4) is 0 Å². The molecule has 0 aromatic heterocycles. The zero-order valence-corrected chi connectivity index (χ0v) is 9.25. The summed E-state index contributed by atoms with van der Waals surface area (Å²) < 4.78 is 24.4. The van der Waals surface area contributed by atoms with Crippen molar-refractivity contribution in [1.29, 1.82) is 0 Å². The molecule has 0 amide bonds. The first-order valence-electron chi connectivity index (χ1n) is 4.61. The molecule has 4 nitrogen and oxygen atoms in total. The average Bonchev–Trinajstić information content (AvgIpc) is 2.27. The van der Waals surface area contributed by atoms with Crippen LogP contribution in [0.1, 0.15) is 17.3 Å². The summed E-state index contributed by atoms with van der Waals surface area (Å²) in [5, 5.41) is 0. The van der Waals surface area contributed by atoms with Crippen LogP contribution in [-0.2, 0) is 10.0 Å². The number of hydrogen-bond acceptors (Lipinski definition) is 3. The van der Waals surface area contributed by atoms with Crippen molar-refractivity contribution in [2.45, 2.75) is 6.92 Å². The minimum atomic E-state index is -3.29. The SMILES string of the molecule is CCS(=O)(=O)NCC(=O)c1ccccc1. The number of hydrogen-bond donors (Lipinski definition) is 1. The van der Waals surface area contributed by atoms with E-state index < -0.39 is 10.0 Å². The number of carbonyl (C=O) groups excluding carboxylic acids is 1. The number of ketones is 1. The number of Topliss-reactive ketones (excluding diaryl/α,β-unsaturated/α-hetero) is 1. The van der Waals surface area contributed by atoms with Gasteiger partial charge in [0.25, 0.3) is 0 Å². The Morgan fingerprint density at radius 2 is 1.87 bits per heavy atom. The molecule has 0 saturated heterocycles. The molecule has 5 heteroatoms. The van der Waals surface area contributed by atoms with Gasteiger partial charge in [-0.05, 0) is 6.92 Å². The Hall–Kier alpha value is -1.20. The second-order valence-electron chi connectivity index (χ2n) is 3.01. The summed E-state index contributed by atoms with van der Waals surface area (Å²) in [6, 6.07) is 8.58. The Bertz CT molecular complexity index is 425. The lowest BCUT2D eigenvalue weighted by Gasteiger charge is -2.03. The first kappa shape index (κ1) is 11.9. The highest BCUT2D eigenvalue weighted by molar-refractivity contribution is 7.89. The van der Waals surface area contributed by atoms with Gasteiger partial charge in [-0.3, -0.25) is 4.79 Å². The van der Waals surface area contributed by atoms with Crippen molar-refractivity contribution in [1.82, 2.24) is 4.72 Å². The fourth-order valence-corrected chi connectivity index (χ4v) is 1.56. The van der Waals surface area contributed by atoms with Crippen molar-refractivity contribution >= 4 is 15.8 Å². The van der Waals surface area contributed by atoms with Gasteiger partial charge in [0, 0.05) is 5.56 Å². The molecule has 82 valence electrons. The molecule has 0 atom stereocenters. The highest BCUT2D eigenvalue weighted by atomic mass is 32.2. The van der Waals surface area contributed by atoms with Gasteiger partial charge in [0.2, 0.25) is 10.0 Å². The standard InChI is InChI=1S/C10H13NO3S/c1-2-15(13,14)11-8-10(12)9-6-4-3-5-7-9/h3-7,11H,2,8H2,1H3. The van der Waals surface area contributed by atoms with Crippen LogP contribution in [0.25, 0.3) is 0 Å². The smallest absolute Gasteiger partial charge is 0.211 e. The lowest BCUT2D eigenvalue weighted by Crippen LogP contribution is -2.30. The largest absolute Gasteiger partial charge is 0.293 e. The van der Waals surface area contributed by atoms with E-state index in [1.807, 2.05) is 0 Å². The third-order valence-electron chi connectivity index (χ3n) is 1.93. The van der Waals surface area contributed by atoms with E-state index in [2.05, 4.69) is 4.72 Å². The normalized spacial score (nSPS) is 11.3. The number of nitrogens with one attached hydrogen (secondary N) is 1. The number of carbonyl (C=O) groups is 1. The zero-order valence-electron chi connectivity index (χ0n) is 8.43. The predicted octanol–water partition coefficient (Wildman–Crippen LogP) is 0.809. The lowest BCUT2D eigenvalue weighted by atomic mass is 10.1. The van der Waals surface area contributed by atoms with Crippen LogP contribution in [0.15, 0.2) is 30.3 Å². The molecular weight excluding hydrogens is 214 g/mol. The predicted molar refractivity (Wildman–Crippen MR) is 58.2 cm³/mol. The first-order valence-corrected chi connectivity index (χ1v) is 6.26. The third kappa shape index (κ3) is 3.81. The van der Waals surface area contributed by atoms with Gasteiger partial charge in [-0.25, -0.2) is 13.1 Å². The van der Waals surface area contributed by atoms with Crippen LogP contribution in [0.5, 0.6) is 0 Å². The van der Waals surface area contributed by atoms with Gasteiger partial charge in [0.05, 0.1) is 12.3 Å². The van der Waals surface area contributed by atoms with Gasteiger partial charge in [0.15, 0.2) is 5.78 Å². The molecule has 1 rings (SSSR count). The molecule has 0 bridgehead atoms. The molecular formula is C10H13NO3S. The summed E-state index contributed by atoms with van der Waals surface area (Å²) in [6.45, 7) is 1.34. The van der Waals surface area contributed by atoms with Crippen LogP contribution < -0.4 is 4.72 Å². The van der Waals surface area contributed by atoms with Gasteiger partial charge in [-0.15, -0.1) is 0 Å². The molecule has 1 aromatic rings. The fourth-order valence-electron chi connectivity index (χ4n) is 1.00. The summed E-state index contributed by atoms with van der Waals surface area (Å²) in [5.41, 5.74) is 0.510. The van der Waals surface area contributed by atoms with E-state index in [9.17, 15) is 13.2 Å². The molecule has 1 N–H and O–H groups in total. The van der Waals surface area contributed by atoms with Crippen LogP contribution >= 0.6 is 0 Å². The third-order valence-corrected chi connectivity index (χ3v) is 3.27. The number of benzene rings is 1. The monoisotopic (exact) mass is 227 g/mol. The van der Waals surface area contributed by atoms with Crippen LogP contribution in [0.2, 0.25) is 0 Å². The van der Waals surface area contributed by atoms with Crippen molar-refractivity contribution in [2.75, 3.05) is 12.3 Å². The summed E-state index contributed by atoms with van der Waals surface area (Å²) in [4.78, 5) is 11.5. The molecule has 0 radical (unpaired) electrons. The summed E-state index contributed by atoms with van der Waals surface area (Å²) >= 11 is 0. The Labute approximate surface area is 89.4 Å². The summed E-state index contributed by atoms with van der Waals surface area (Å²) in [7, 11) is -3.29. The summed E-state index contributed by atoms with van der Waals surface area (Å²) in [5.74, 6) is -0.248. The van der Waals surface area contributed by atoms with Crippen LogP contribution in [0.4, 0.5) is 0 Å². The summed E-state index contributed by atoms with van der Waals surface area (Å²) in [6.07, 6.45) is 0. The fraction of sp³-hybridized carbons (Fsp3) is 0.300. The quantitative estimate of drug-likeness (QED) is 0.757. The van der Waals surface area contributed by atoms with Crippen molar-refractivity contribution in [3.05, 3.63) is 35.9 Å². The second kappa shape index (κ2) is 5.04. The highest BCUT2D eigenvalue weighted by Gasteiger charge is 2.10. The van der Waals surface area contributed by atoms with E-state index >= 15 is 0 Å². The first-order chi connectivity index (χ1) is 7.05. The molecule has 15 heavy (non-hydrogen) atoms. The van der Waals surface area contributed by atoms with E-state index in [1.54, 1.807) is 30.3 Å². The molecule has 0 aliphatic carbocycles. The highest BCUT2D eigenvalue weighted by Crippen LogP contribution is 1.99. The Morgan fingerprint density at radius 3 is 2.40 bits per heavy atom. The van der Waals surface area contributed by atoms with Gasteiger partial charge < -0.3 is 0 Å². The van der Waals surface area contributed by atoms with Gasteiger partial charge in [-0.2, -0.15) is 0 Å². The maximum absolute atomic E-state index is 11.5. The van der Waals surface area contributed by atoms with Crippen molar-refractivity contribution in [3.63, 3.8) is 0 Å². The Morgan fingerprint density at radius 1 is 1.27 bits per heavy atom.